The van der Waals surface area contributed by atoms with Crippen LogP contribution in [0.1, 0.15) is 27.2 Å². The molecule has 0 N–H and O–H groups in total. The first-order chi connectivity index (χ1) is 10.1. The maximum Gasteiger partial charge on any atom is 0.193 e. The van der Waals surface area contributed by atoms with Gasteiger partial charge in [0.25, 0.3) is 0 Å². The third kappa shape index (κ3) is 2.42. The molecule has 2 nitrogen and oxygen atoms in total. The van der Waals surface area contributed by atoms with Gasteiger partial charge in [-0.15, -0.1) is 0 Å². The summed E-state index contributed by atoms with van der Waals surface area (Å²) in [5, 5.41) is 0.815. The van der Waals surface area contributed by atoms with Crippen molar-refractivity contribution >= 4 is 16.7 Å². The van der Waals surface area contributed by atoms with E-state index in [4.69, 9.17) is 0 Å². The predicted octanol–water partition coefficient (Wildman–Crippen LogP) is 4.22. The molecule has 3 rings (SSSR count). The number of rotatable bonds is 2. The summed E-state index contributed by atoms with van der Waals surface area (Å²) in [6.45, 7) is 3.52. The summed E-state index contributed by atoms with van der Waals surface area (Å²) in [6.07, 6.45) is 0. The molecular formula is C18H14FNO. The molecule has 0 saturated carbocycles. The number of fused-ring (bicyclic) bond motifs is 1. The van der Waals surface area contributed by atoms with Gasteiger partial charge in [-0.2, -0.15) is 0 Å². The zero-order valence-corrected chi connectivity index (χ0v) is 11.9. The third-order valence-electron chi connectivity index (χ3n) is 3.51. The number of para-hydroxylation sites is 1. The lowest BCUT2D eigenvalue weighted by molar-refractivity contribution is 0.104. The van der Waals surface area contributed by atoms with Gasteiger partial charge < -0.3 is 0 Å². The Hall–Kier alpha value is -2.55. The van der Waals surface area contributed by atoms with Crippen LogP contribution in [0.5, 0.6) is 0 Å². The fourth-order valence-corrected chi connectivity index (χ4v) is 2.44. The Labute approximate surface area is 122 Å². The number of aryl methyl sites for hydroxylation is 2. The summed E-state index contributed by atoms with van der Waals surface area (Å²) in [7, 11) is 0. The van der Waals surface area contributed by atoms with E-state index in [1.807, 2.05) is 31.2 Å². The van der Waals surface area contributed by atoms with Gasteiger partial charge in [-0.3, -0.25) is 9.78 Å². The number of halogens is 1. The topological polar surface area (TPSA) is 30.0 Å². The van der Waals surface area contributed by atoms with Crippen LogP contribution in [0.2, 0.25) is 0 Å². The SMILES string of the molecule is Cc1cc(C(=O)c2ccc(F)c(C)c2)c2ccccc2n1. The number of carbonyl (C=O) groups excluding carboxylic acids is 1. The number of benzene rings is 2. The van der Waals surface area contributed by atoms with Crippen molar-refractivity contribution in [2.75, 3.05) is 0 Å². The molecule has 0 aliphatic heterocycles. The fraction of sp³-hybridized carbons (Fsp3) is 0.111. The van der Waals surface area contributed by atoms with Crippen molar-refractivity contribution in [1.29, 1.82) is 0 Å². The molecule has 0 radical (unpaired) electrons. The first-order valence-electron chi connectivity index (χ1n) is 6.73. The van der Waals surface area contributed by atoms with Crippen molar-refractivity contribution in [3.05, 3.63) is 76.7 Å². The molecule has 0 aliphatic rings. The summed E-state index contributed by atoms with van der Waals surface area (Å²) in [6, 6.07) is 13.8. The predicted molar refractivity (Wildman–Crippen MR) is 81.0 cm³/mol. The number of aromatic nitrogens is 1. The summed E-state index contributed by atoms with van der Waals surface area (Å²) in [5.74, 6) is -0.415. The smallest absolute Gasteiger partial charge is 0.193 e. The van der Waals surface area contributed by atoms with E-state index in [-0.39, 0.29) is 11.6 Å². The molecule has 3 aromatic rings. The Bertz CT molecular complexity index is 855. The van der Waals surface area contributed by atoms with E-state index in [9.17, 15) is 9.18 Å². The van der Waals surface area contributed by atoms with Crippen LogP contribution in [0.3, 0.4) is 0 Å². The second-order valence-corrected chi connectivity index (χ2v) is 5.12. The lowest BCUT2D eigenvalue weighted by atomic mass is 9.98. The van der Waals surface area contributed by atoms with E-state index >= 15 is 0 Å². The average molecular weight is 279 g/mol. The van der Waals surface area contributed by atoms with Crippen LogP contribution in [-0.2, 0) is 0 Å². The van der Waals surface area contributed by atoms with Gasteiger partial charge in [-0.05, 0) is 49.7 Å². The van der Waals surface area contributed by atoms with Crippen LogP contribution in [0.4, 0.5) is 4.39 Å². The normalized spacial score (nSPS) is 10.8. The fourth-order valence-electron chi connectivity index (χ4n) is 2.44. The molecule has 0 spiro atoms. The molecule has 0 amide bonds. The molecule has 0 aliphatic carbocycles. The minimum atomic E-state index is -0.303. The highest BCUT2D eigenvalue weighted by molar-refractivity contribution is 6.16. The molecule has 21 heavy (non-hydrogen) atoms. The van der Waals surface area contributed by atoms with Crippen LogP contribution in [0.25, 0.3) is 10.9 Å². The van der Waals surface area contributed by atoms with Gasteiger partial charge in [-0.1, -0.05) is 18.2 Å². The molecule has 0 saturated heterocycles. The maximum atomic E-state index is 13.4. The molecular weight excluding hydrogens is 265 g/mol. The van der Waals surface area contributed by atoms with E-state index in [1.165, 1.54) is 12.1 Å². The van der Waals surface area contributed by atoms with Crippen molar-refractivity contribution in [2.45, 2.75) is 13.8 Å². The van der Waals surface area contributed by atoms with E-state index in [0.717, 1.165) is 16.6 Å². The van der Waals surface area contributed by atoms with Crippen molar-refractivity contribution in [3.63, 3.8) is 0 Å². The Morgan fingerprint density at radius 2 is 1.81 bits per heavy atom. The van der Waals surface area contributed by atoms with Crippen LogP contribution >= 0.6 is 0 Å². The maximum absolute atomic E-state index is 13.4. The molecule has 0 fully saturated rings. The zero-order chi connectivity index (χ0) is 15.0. The highest BCUT2D eigenvalue weighted by Gasteiger charge is 2.14. The molecule has 1 aromatic heterocycles. The Morgan fingerprint density at radius 1 is 1.05 bits per heavy atom. The van der Waals surface area contributed by atoms with Crippen LogP contribution < -0.4 is 0 Å². The van der Waals surface area contributed by atoms with Gasteiger partial charge in [0.1, 0.15) is 5.82 Å². The van der Waals surface area contributed by atoms with Crippen molar-refractivity contribution in [3.8, 4) is 0 Å². The van der Waals surface area contributed by atoms with E-state index in [0.29, 0.717) is 16.7 Å². The lowest BCUT2D eigenvalue weighted by Gasteiger charge is -2.08. The van der Waals surface area contributed by atoms with Gasteiger partial charge in [0.15, 0.2) is 5.78 Å². The number of pyridine rings is 1. The number of hydrogen-bond acceptors (Lipinski definition) is 2. The van der Waals surface area contributed by atoms with Gasteiger partial charge in [0.2, 0.25) is 0 Å². The molecule has 1 heterocycles. The second kappa shape index (κ2) is 5.09. The highest BCUT2D eigenvalue weighted by Crippen LogP contribution is 2.22. The van der Waals surface area contributed by atoms with Gasteiger partial charge in [-0.25, -0.2) is 4.39 Å². The zero-order valence-electron chi connectivity index (χ0n) is 11.9. The number of carbonyl (C=O) groups is 1. The summed E-state index contributed by atoms with van der Waals surface area (Å²) >= 11 is 0. The highest BCUT2D eigenvalue weighted by atomic mass is 19.1. The quantitative estimate of drug-likeness (QED) is 0.657. The monoisotopic (exact) mass is 279 g/mol. The van der Waals surface area contributed by atoms with Gasteiger partial charge in [0.05, 0.1) is 5.52 Å². The first kappa shape index (κ1) is 13.4. The Morgan fingerprint density at radius 3 is 2.57 bits per heavy atom. The number of nitrogens with zero attached hydrogens (tertiary/aromatic N) is 1. The lowest BCUT2D eigenvalue weighted by Crippen LogP contribution is -2.04. The molecule has 0 bridgehead atoms. The standard InChI is InChI=1S/C18H14FNO/c1-11-9-13(7-8-16(11)19)18(21)15-10-12(2)20-17-6-4-3-5-14(15)17/h3-10H,1-2H3. The molecule has 3 heteroatoms. The summed E-state index contributed by atoms with van der Waals surface area (Å²) in [4.78, 5) is 17.2. The van der Waals surface area contributed by atoms with Crippen molar-refractivity contribution < 1.29 is 9.18 Å². The number of ketones is 1. The first-order valence-corrected chi connectivity index (χ1v) is 6.73. The van der Waals surface area contributed by atoms with Crippen molar-refractivity contribution in [2.24, 2.45) is 0 Å². The molecule has 0 unspecified atom stereocenters. The van der Waals surface area contributed by atoms with E-state index < -0.39 is 0 Å². The van der Waals surface area contributed by atoms with Crippen LogP contribution in [0.15, 0.2) is 48.5 Å². The molecule has 0 atom stereocenters. The van der Waals surface area contributed by atoms with E-state index in [1.54, 1.807) is 19.1 Å². The minimum absolute atomic E-state index is 0.111. The van der Waals surface area contributed by atoms with Crippen molar-refractivity contribution in [1.82, 2.24) is 4.98 Å². The molecule has 104 valence electrons. The Balaban J connectivity index is 2.19. The number of hydrogen-bond donors (Lipinski definition) is 0. The summed E-state index contributed by atoms with van der Waals surface area (Å²) < 4.78 is 13.4. The minimum Gasteiger partial charge on any atom is -0.289 e. The van der Waals surface area contributed by atoms with Gasteiger partial charge in [0, 0.05) is 22.2 Å². The largest absolute Gasteiger partial charge is 0.289 e. The molecule has 2 aromatic carbocycles. The third-order valence-corrected chi connectivity index (χ3v) is 3.51. The average Bonchev–Trinajstić information content (AvgIpc) is 2.48. The summed E-state index contributed by atoms with van der Waals surface area (Å²) in [5.41, 5.74) is 3.14. The van der Waals surface area contributed by atoms with Crippen LogP contribution in [0, 0.1) is 19.7 Å². The Kier molecular flexibility index (Phi) is 3.26. The van der Waals surface area contributed by atoms with Gasteiger partial charge >= 0.3 is 0 Å². The van der Waals surface area contributed by atoms with E-state index in [2.05, 4.69) is 4.98 Å². The second-order valence-electron chi connectivity index (χ2n) is 5.12. The van der Waals surface area contributed by atoms with Crippen LogP contribution in [-0.4, -0.2) is 10.8 Å².